The number of carbonyl (C=O) groups excluding carboxylic acids is 1. The van der Waals surface area contributed by atoms with Crippen LogP contribution < -0.4 is 9.47 Å². The second kappa shape index (κ2) is 4.29. The van der Waals surface area contributed by atoms with Crippen molar-refractivity contribution in [2.45, 2.75) is 19.3 Å². The van der Waals surface area contributed by atoms with E-state index in [2.05, 4.69) is 0 Å². The average Bonchev–Trinajstić information content (AvgIpc) is 2.67. The smallest absolute Gasteiger partial charge is 0.231 e. The molecule has 1 heterocycles. The summed E-state index contributed by atoms with van der Waals surface area (Å²) in [6.07, 6.45) is 0.959. The van der Waals surface area contributed by atoms with Gasteiger partial charge in [0.25, 0.3) is 0 Å². The van der Waals surface area contributed by atoms with Crippen LogP contribution in [0.4, 0.5) is 4.39 Å². The predicted octanol–water partition coefficient (Wildman–Crippen LogP) is 2.90. The van der Waals surface area contributed by atoms with Crippen molar-refractivity contribution < 1.29 is 18.7 Å². The monoisotopic (exact) mass is 244 g/mol. The third-order valence-electron chi connectivity index (χ3n) is 2.53. The lowest BCUT2D eigenvalue weighted by atomic mass is 9.96. The maximum atomic E-state index is 13.8. The lowest BCUT2D eigenvalue weighted by Crippen LogP contribution is -2.01. The fourth-order valence-corrected chi connectivity index (χ4v) is 1.92. The van der Waals surface area contributed by atoms with Gasteiger partial charge in [0.05, 0.1) is 5.02 Å². The van der Waals surface area contributed by atoms with Crippen molar-refractivity contribution >= 4 is 17.9 Å². The molecule has 0 spiro atoms. The van der Waals surface area contributed by atoms with E-state index in [1.807, 2.05) is 0 Å². The first kappa shape index (κ1) is 11.2. The maximum absolute atomic E-state index is 13.8. The van der Waals surface area contributed by atoms with Crippen LogP contribution in [0.3, 0.4) is 0 Å². The Bertz CT molecular complexity index is 434. The van der Waals surface area contributed by atoms with Gasteiger partial charge in [0.15, 0.2) is 11.5 Å². The fourth-order valence-electron chi connectivity index (χ4n) is 1.72. The van der Waals surface area contributed by atoms with E-state index in [-0.39, 0.29) is 24.2 Å². The zero-order chi connectivity index (χ0) is 11.7. The average molecular weight is 245 g/mol. The van der Waals surface area contributed by atoms with Crippen LogP contribution >= 0.6 is 11.6 Å². The number of carbonyl (C=O) groups is 1. The van der Waals surface area contributed by atoms with E-state index in [1.54, 1.807) is 6.92 Å². The van der Waals surface area contributed by atoms with Gasteiger partial charge in [-0.05, 0) is 5.92 Å². The van der Waals surface area contributed by atoms with Crippen molar-refractivity contribution in [3.05, 3.63) is 22.5 Å². The number of aldehydes is 1. The van der Waals surface area contributed by atoms with Gasteiger partial charge in [0.1, 0.15) is 12.1 Å². The molecule has 0 bridgehead atoms. The molecule has 0 saturated heterocycles. The van der Waals surface area contributed by atoms with Gasteiger partial charge in [0.2, 0.25) is 6.79 Å². The highest BCUT2D eigenvalue weighted by Crippen LogP contribution is 2.44. The van der Waals surface area contributed by atoms with Gasteiger partial charge in [0, 0.05) is 18.1 Å². The SMILES string of the molecule is CC(CC=O)c1c(F)c(Cl)cc2c1OCO2. The summed E-state index contributed by atoms with van der Waals surface area (Å²) >= 11 is 5.74. The van der Waals surface area contributed by atoms with Crippen LogP contribution in [-0.2, 0) is 4.79 Å². The molecule has 1 atom stereocenters. The number of hydrogen-bond acceptors (Lipinski definition) is 3. The van der Waals surface area contributed by atoms with Crippen LogP contribution in [0.2, 0.25) is 5.02 Å². The summed E-state index contributed by atoms with van der Waals surface area (Å²) in [6.45, 7) is 1.79. The fraction of sp³-hybridized carbons (Fsp3) is 0.364. The third kappa shape index (κ3) is 1.73. The second-order valence-electron chi connectivity index (χ2n) is 3.62. The van der Waals surface area contributed by atoms with E-state index in [0.717, 1.165) is 6.29 Å². The number of hydrogen-bond donors (Lipinski definition) is 0. The Morgan fingerprint density at radius 2 is 2.38 bits per heavy atom. The quantitative estimate of drug-likeness (QED) is 0.767. The van der Waals surface area contributed by atoms with Gasteiger partial charge in [-0.1, -0.05) is 18.5 Å². The summed E-state index contributed by atoms with van der Waals surface area (Å²) in [7, 11) is 0. The normalized spacial score (nSPS) is 14.9. The summed E-state index contributed by atoms with van der Waals surface area (Å²) in [5.41, 5.74) is 0.312. The molecule has 1 aromatic carbocycles. The van der Waals surface area contributed by atoms with E-state index in [1.165, 1.54) is 6.07 Å². The summed E-state index contributed by atoms with van der Waals surface area (Å²) in [5, 5.41) is -0.0167. The van der Waals surface area contributed by atoms with Crippen LogP contribution in [-0.4, -0.2) is 13.1 Å². The Balaban J connectivity index is 2.53. The van der Waals surface area contributed by atoms with Crippen molar-refractivity contribution in [2.24, 2.45) is 0 Å². The summed E-state index contributed by atoms with van der Waals surface area (Å²) < 4.78 is 24.2. The number of ether oxygens (including phenoxy) is 2. The highest BCUT2D eigenvalue weighted by molar-refractivity contribution is 6.31. The van der Waals surface area contributed by atoms with Gasteiger partial charge >= 0.3 is 0 Å². The Morgan fingerprint density at radius 1 is 1.62 bits per heavy atom. The van der Waals surface area contributed by atoms with Crippen LogP contribution in [0.15, 0.2) is 6.07 Å². The number of fused-ring (bicyclic) bond motifs is 1. The van der Waals surface area contributed by atoms with E-state index < -0.39 is 5.82 Å². The van der Waals surface area contributed by atoms with Gasteiger partial charge in [-0.25, -0.2) is 4.39 Å². The maximum Gasteiger partial charge on any atom is 0.231 e. The van der Waals surface area contributed by atoms with Crippen LogP contribution in [0.25, 0.3) is 0 Å². The number of halogens is 2. The van der Waals surface area contributed by atoms with Crippen molar-refractivity contribution in [2.75, 3.05) is 6.79 Å². The van der Waals surface area contributed by atoms with Gasteiger partial charge in [-0.3, -0.25) is 0 Å². The third-order valence-corrected chi connectivity index (χ3v) is 2.81. The van der Waals surface area contributed by atoms with Crippen molar-refractivity contribution in [1.29, 1.82) is 0 Å². The largest absolute Gasteiger partial charge is 0.454 e. The topological polar surface area (TPSA) is 35.5 Å². The molecule has 1 aromatic rings. The first-order valence-corrected chi connectivity index (χ1v) is 5.24. The first-order chi connectivity index (χ1) is 7.65. The summed E-state index contributed by atoms with van der Waals surface area (Å²) in [6, 6.07) is 1.39. The molecular weight excluding hydrogens is 235 g/mol. The first-order valence-electron chi connectivity index (χ1n) is 4.86. The molecule has 1 aliphatic rings. The highest BCUT2D eigenvalue weighted by Gasteiger charge is 2.27. The van der Waals surface area contributed by atoms with Crippen molar-refractivity contribution in [1.82, 2.24) is 0 Å². The number of rotatable bonds is 3. The standard InChI is InChI=1S/C11H10ClFO3/c1-6(2-3-14)9-10(13)7(12)4-8-11(9)16-5-15-8/h3-4,6H,2,5H2,1H3. The summed E-state index contributed by atoms with van der Waals surface area (Å²) in [4.78, 5) is 10.5. The van der Waals surface area contributed by atoms with E-state index in [9.17, 15) is 9.18 Å². The van der Waals surface area contributed by atoms with E-state index >= 15 is 0 Å². The van der Waals surface area contributed by atoms with E-state index in [4.69, 9.17) is 21.1 Å². The molecule has 1 unspecified atom stereocenters. The Labute approximate surface area is 97.1 Å². The second-order valence-corrected chi connectivity index (χ2v) is 4.03. The van der Waals surface area contributed by atoms with Gasteiger partial charge in [-0.2, -0.15) is 0 Å². The molecule has 16 heavy (non-hydrogen) atoms. The number of benzene rings is 1. The molecule has 86 valence electrons. The van der Waals surface area contributed by atoms with Crippen LogP contribution in [0.1, 0.15) is 24.8 Å². The molecule has 0 aromatic heterocycles. The Hall–Kier alpha value is -1.29. The molecule has 5 heteroatoms. The molecular formula is C11H10ClFO3. The molecule has 0 N–H and O–H groups in total. The zero-order valence-electron chi connectivity index (χ0n) is 8.63. The lowest BCUT2D eigenvalue weighted by molar-refractivity contribution is -0.108. The van der Waals surface area contributed by atoms with Crippen molar-refractivity contribution in [3.8, 4) is 11.5 Å². The molecule has 0 fully saturated rings. The summed E-state index contributed by atoms with van der Waals surface area (Å²) in [5.74, 6) is -0.0395. The minimum Gasteiger partial charge on any atom is -0.454 e. The van der Waals surface area contributed by atoms with E-state index in [0.29, 0.717) is 17.1 Å². The molecule has 1 aliphatic heterocycles. The molecule has 2 rings (SSSR count). The molecule has 0 amide bonds. The molecule has 3 nitrogen and oxygen atoms in total. The van der Waals surface area contributed by atoms with Gasteiger partial charge < -0.3 is 14.3 Å². The molecule has 0 saturated carbocycles. The molecule has 0 aliphatic carbocycles. The van der Waals surface area contributed by atoms with Crippen LogP contribution in [0, 0.1) is 5.82 Å². The minimum atomic E-state index is -0.541. The van der Waals surface area contributed by atoms with Crippen LogP contribution in [0.5, 0.6) is 11.5 Å². The molecule has 0 radical (unpaired) electrons. The van der Waals surface area contributed by atoms with Gasteiger partial charge in [-0.15, -0.1) is 0 Å². The Morgan fingerprint density at radius 3 is 3.06 bits per heavy atom. The predicted molar refractivity (Wildman–Crippen MR) is 56.6 cm³/mol. The zero-order valence-corrected chi connectivity index (χ0v) is 9.38. The van der Waals surface area contributed by atoms with Crippen molar-refractivity contribution in [3.63, 3.8) is 0 Å². The minimum absolute atomic E-state index is 0.0167. The lowest BCUT2D eigenvalue weighted by Gasteiger charge is -2.13. The highest BCUT2D eigenvalue weighted by atomic mass is 35.5. The Kier molecular flexibility index (Phi) is 3.01.